The summed E-state index contributed by atoms with van der Waals surface area (Å²) in [5.41, 5.74) is 1.25. The number of aromatic nitrogens is 1. The Kier molecular flexibility index (Phi) is 5.43. The van der Waals surface area contributed by atoms with Crippen molar-refractivity contribution >= 4 is 5.91 Å². The van der Waals surface area contributed by atoms with Gasteiger partial charge in [0.2, 0.25) is 0 Å². The maximum absolute atomic E-state index is 12.2. The number of benzene rings is 1. The van der Waals surface area contributed by atoms with Crippen LogP contribution in [-0.2, 0) is 11.3 Å². The minimum absolute atomic E-state index is 0.0510. The second kappa shape index (κ2) is 7.93. The van der Waals surface area contributed by atoms with Crippen molar-refractivity contribution in [3.63, 3.8) is 0 Å². The first-order valence-electron chi connectivity index (χ1n) is 8.35. The van der Waals surface area contributed by atoms with Crippen molar-refractivity contribution in [3.8, 4) is 5.75 Å². The maximum atomic E-state index is 12.2. The van der Waals surface area contributed by atoms with Gasteiger partial charge in [-0.1, -0.05) is 25.1 Å². The quantitative estimate of drug-likeness (QED) is 0.783. The maximum Gasteiger partial charge on any atom is 0.260 e. The van der Waals surface area contributed by atoms with E-state index >= 15 is 0 Å². The number of para-hydroxylation sites is 1. The van der Waals surface area contributed by atoms with Crippen LogP contribution in [-0.4, -0.2) is 53.0 Å². The standard InChI is InChI=1S/C19H23N3O2/c1-2-21(12-16-8-10-20-11-9-16)17-13-22(14-17)19(23)15-24-18-6-4-3-5-7-18/h3-11,17H,2,12-15H2,1H3. The predicted molar refractivity (Wildman–Crippen MR) is 92.6 cm³/mol. The smallest absolute Gasteiger partial charge is 0.260 e. The highest BCUT2D eigenvalue weighted by molar-refractivity contribution is 5.78. The Bertz CT molecular complexity index is 642. The summed E-state index contributed by atoms with van der Waals surface area (Å²) in [6, 6.07) is 13.9. The zero-order chi connectivity index (χ0) is 16.8. The van der Waals surface area contributed by atoms with Crippen molar-refractivity contribution < 1.29 is 9.53 Å². The van der Waals surface area contributed by atoms with E-state index in [0.29, 0.717) is 6.04 Å². The largest absolute Gasteiger partial charge is 0.484 e. The van der Waals surface area contributed by atoms with Crippen LogP contribution in [0.1, 0.15) is 12.5 Å². The summed E-state index contributed by atoms with van der Waals surface area (Å²) in [6.45, 7) is 5.67. The molecule has 1 aromatic carbocycles. The van der Waals surface area contributed by atoms with Gasteiger partial charge in [-0.3, -0.25) is 14.7 Å². The van der Waals surface area contributed by atoms with E-state index in [1.807, 2.05) is 59.8 Å². The van der Waals surface area contributed by atoms with Crippen LogP contribution in [0.2, 0.25) is 0 Å². The number of carbonyl (C=O) groups excluding carboxylic acids is 1. The van der Waals surface area contributed by atoms with Crippen molar-refractivity contribution in [1.29, 1.82) is 0 Å². The van der Waals surface area contributed by atoms with E-state index in [2.05, 4.69) is 16.8 Å². The molecule has 1 aliphatic rings. The summed E-state index contributed by atoms with van der Waals surface area (Å²) in [5, 5.41) is 0. The number of ether oxygens (including phenoxy) is 1. The van der Waals surface area contributed by atoms with E-state index in [1.165, 1.54) is 5.56 Å². The number of carbonyl (C=O) groups is 1. The van der Waals surface area contributed by atoms with E-state index in [0.717, 1.165) is 31.9 Å². The monoisotopic (exact) mass is 325 g/mol. The number of likely N-dealkylation sites (N-methyl/N-ethyl adjacent to an activating group) is 1. The molecule has 2 heterocycles. The molecule has 1 fully saturated rings. The van der Waals surface area contributed by atoms with Crippen LogP contribution in [0.25, 0.3) is 0 Å². The molecule has 0 radical (unpaired) electrons. The van der Waals surface area contributed by atoms with E-state index in [1.54, 1.807) is 0 Å². The Labute approximate surface area is 142 Å². The highest BCUT2D eigenvalue weighted by Crippen LogP contribution is 2.18. The van der Waals surface area contributed by atoms with Crippen LogP contribution in [0.3, 0.4) is 0 Å². The summed E-state index contributed by atoms with van der Waals surface area (Å²) in [4.78, 5) is 20.5. The summed E-state index contributed by atoms with van der Waals surface area (Å²) in [5.74, 6) is 0.783. The molecule has 3 rings (SSSR count). The second-order valence-electron chi connectivity index (χ2n) is 5.97. The van der Waals surface area contributed by atoms with E-state index in [-0.39, 0.29) is 12.5 Å². The van der Waals surface area contributed by atoms with Crippen molar-refractivity contribution in [3.05, 3.63) is 60.4 Å². The van der Waals surface area contributed by atoms with Crippen LogP contribution in [0.15, 0.2) is 54.9 Å². The van der Waals surface area contributed by atoms with Gasteiger partial charge in [0.05, 0.1) is 0 Å². The molecule has 2 aromatic rings. The molecule has 5 nitrogen and oxygen atoms in total. The molecule has 1 aliphatic heterocycles. The van der Waals surface area contributed by atoms with E-state index in [4.69, 9.17) is 4.74 Å². The molecule has 24 heavy (non-hydrogen) atoms. The fourth-order valence-corrected chi connectivity index (χ4v) is 2.86. The van der Waals surface area contributed by atoms with E-state index in [9.17, 15) is 4.79 Å². The minimum atomic E-state index is 0.0510. The lowest BCUT2D eigenvalue weighted by molar-refractivity contribution is -0.141. The van der Waals surface area contributed by atoms with Gasteiger partial charge in [-0.25, -0.2) is 0 Å². The first kappa shape index (κ1) is 16.5. The van der Waals surface area contributed by atoms with Gasteiger partial charge in [0.15, 0.2) is 6.61 Å². The number of amides is 1. The topological polar surface area (TPSA) is 45.7 Å². The molecule has 0 bridgehead atoms. The van der Waals surface area contributed by atoms with Gasteiger partial charge < -0.3 is 9.64 Å². The molecule has 0 spiro atoms. The number of hydrogen-bond acceptors (Lipinski definition) is 4. The zero-order valence-electron chi connectivity index (χ0n) is 14.0. The third-order valence-corrected chi connectivity index (χ3v) is 4.38. The predicted octanol–water partition coefficient (Wildman–Crippen LogP) is 2.19. The Hall–Kier alpha value is -2.40. The average Bonchev–Trinajstić information content (AvgIpc) is 2.59. The van der Waals surface area contributed by atoms with Crippen molar-refractivity contribution in [1.82, 2.24) is 14.8 Å². The summed E-state index contributed by atoms with van der Waals surface area (Å²) >= 11 is 0. The van der Waals surface area contributed by atoms with Gasteiger partial charge in [-0.2, -0.15) is 0 Å². The van der Waals surface area contributed by atoms with Crippen LogP contribution >= 0.6 is 0 Å². The summed E-state index contributed by atoms with van der Waals surface area (Å²) in [6.07, 6.45) is 3.64. The van der Waals surface area contributed by atoms with Gasteiger partial charge in [-0.15, -0.1) is 0 Å². The van der Waals surface area contributed by atoms with Gasteiger partial charge in [0, 0.05) is 38.1 Å². The summed E-state index contributed by atoms with van der Waals surface area (Å²) in [7, 11) is 0. The minimum Gasteiger partial charge on any atom is -0.484 e. The summed E-state index contributed by atoms with van der Waals surface area (Å²) < 4.78 is 5.53. The van der Waals surface area contributed by atoms with Crippen LogP contribution < -0.4 is 4.74 Å². The lowest BCUT2D eigenvalue weighted by Crippen LogP contribution is -2.61. The lowest BCUT2D eigenvalue weighted by atomic mass is 10.1. The van der Waals surface area contributed by atoms with Crippen LogP contribution in [0.5, 0.6) is 5.75 Å². The van der Waals surface area contributed by atoms with Crippen molar-refractivity contribution in [2.75, 3.05) is 26.2 Å². The van der Waals surface area contributed by atoms with E-state index < -0.39 is 0 Å². The molecule has 0 atom stereocenters. The molecule has 1 aromatic heterocycles. The normalized spacial score (nSPS) is 14.5. The Morgan fingerprint density at radius 1 is 1.21 bits per heavy atom. The SMILES string of the molecule is CCN(Cc1ccncc1)C1CN(C(=O)COc2ccccc2)C1. The molecular weight excluding hydrogens is 302 g/mol. The van der Waals surface area contributed by atoms with Crippen LogP contribution in [0.4, 0.5) is 0 Å². The third kappa shape index (κ3) is 4.11. The Morgan fingerprint density at radius 2 is 1.92 bits per heavy atom. The highest BCUT2D eigenvalue weighted by atomic mass is 16.5. The molecule has 1 amide bonds. The molecule has 1 saturated heterocycles. The molecule has 126 valence electrons. The second-order valence-corrected chi connectivity index (χ2v) is 5.97. The molecule has 0 N–H and O–H groups in total. The van der Waals surface area contributed by atoms with Crippen molar-refractivity contribution in [2.24, 2.45) is 0 Å². The number of likely N-dealkylation sites (tertiary alicyclic amines) is 1. The molecule has 0 saturated carbocycles. The number of hydrogen-bond donors (Lipinski definition) is 0. The highest BCUT2D eigenvalue weighted by Gasteiger charge is 2.34. The molecule has 5 heteroatoms. The average molecular weight is 325 g/mol. The van der Waals surface area contributed by atoms with Gasteiger partial charge in [-0.05, 0) is 36.4 Å². The zero-order valence-corrected chi connectivity index (χ0v) is 14.0. The molecule has 0 aliphatic carbocycles. The number of rotatable bonds is 7. The Balaban J connectivity index is 1.44. The third-order valence-electron chi connectivity index (χ3n) is 4.38. The lowest BCUT2D eigenvalue weighted by Gasteiger charge is -2.45. The number of pyridine rings is 1. The van der Waals surface area contributed by atoms with Crippen LogP contribution in [0, 0.1) is 0 Å². The number of nitrogens with zero attached hydrogens (tertiary/aromatic N) is 3. The fourth-order valence-electron chi connectivity index (χ4n) is 2.86. The first-order chi connectivity index (χ1) is 11.8. The molecular formula is C19H23N3O2. The van der Waals surface area contributed by atoms with Gasteiger partial charge >= 0.3 is 0 Å². The van der Waals surface area contributed by atoms with Crippen molar-refractivity contribution in [2.45, 2.75) is 19.5 Å². The first-order valence-corrected chi connectivity index (χ1v) is 8.35. The van der Waals surface area contributed by atoms with Gasteiger partial charge in [0.1, 0.15) is 5.75 Å². The fraction of sp³-hybridized carbons (Fsp3) is 0.368. The molecule has 0 unspecified atom stereocenters. The Morgan fingerprint density at radius 3 is 2.58 bits per heavy atom. The van der Waals surface area contributed by atoms with Gasteiger partial charge in [0.25, 0.3) is 5.91 Å².